The maximum atomic E-state index is 12.3. The maximum Gasteiger partial charge on any atom is 0.471 e. The molecule has 5 nitrogen and oxygen atoms in total. The van der Waals surface area contributed by atoms with Gasteiger partial charge in [-0.2, -0.15) is 13.2 Å². The lowest BCUT2D eigenvalue weighted by atomic mass is 9.89. The number of alkyl halides is 3. The van der Waals surface area contributed by atoms with Gasteiger partial charge in [0.25, 0.3) is 0 Å². The number of piperidine rings is 1. The Balaban J connectivity index is 1.83. The van der Waals surface area contributed by atoms with Gasteiger partial charge in [-0.25, -0.2) is 4.79 Å². The van der Waals surface area contributed by atoms with E-state index in [2.05, 4.69) is 0 Å². The first-order chi connectivity index (χ1) is 9.29. The third kappa shape index (κ3) is 3.23. The standard InChI is InChI=1S/C12H16F3NO4/c13-12(14,15)11(19)16-5-3-7(4-6-16)8-1-2-9(20-8)10(17)18/h7-9H,1-6H2,(H,17,18)/t8-,9+/m1/s1. The second-order valence-corrected chi connectivity index (χ2v) is 5.21. The monoisotopic (exact) mass is 295 g/mol. The first-order valence-electron chi connectivity index (χ1n) is 6.53. The van der Waals surface area contributed by atoms with Crippen molar-refractivity contribution in [3.63, 3.8) is 0 Å². The molecule has 2 aliphatic heterocycles. The molecule has 0 aliphatic carbocycles. The lowest BCUT2D eigenvalue weighted by Crippen LogP contribution is -2.46. The van der Waals surface area contributed by atoms with Crippen molar-refractivity contribution >= 4 is 11.9 Å². The predicted molar refractivity (Wildman–Crippen MR) is 60.9 cm³/mol. The Labute approximate surface area is 113 Å². The van der Waals surface area contributed by atoms with Gasteiger partial charge >= 0.3 is 18.1 Å². The van der Waals surface area contributed by atoms with Crippen LogP contribution < -0.4 is 0 Å². The van der Waals surface area contributed by atoms with Gasteiger partial charge in [0.15, 0.2) is 6.10 Å². The van der Waals surface area contributed by atoms with Crippen molar-refractivity contribution in [2.75, 3.05) is 13.1 Å². The molecule has 0 saturated carbocycles. The van der Waals surface area contributed by atoms with Crippen LogP contribution in [0.25, 0.3) is 0 Å². The number of carbonyl (C=O) groups excluding carboxylic acids is 1. The van der Waals surface area contributed by atoms with Crippen LogP contribution in [0.1, 0.15) is 25.7 Å². The number of carbonyl (C=O) groups is 2. The molecule has 114 valence electrons. The molecule has 0 aromatic heterocycles. The van der Waals surface area contributed by atoms with Crippen molar-refractivity contribution in [3.05, 3.63) is 0 Å². The molecule has 2 atom stereocenters. The minimum atomic E-state index is -4.83. The highest BCUT2D eigenvalue weighted by atomic mass is 19.4. The summed E-state index contributed by atoms with van der Waals surface area (Å²) in [4.78, 5) is 22.7. The van der Waals surface area contributed by atoms with Gasteiger partial charge in [-0.05, 0) is 31.6 Å². The second kappa shape index (κ2) is 5.59. The molecule has 2 rings (SSSR count). The Bertz CT molecular complexity index is 391. The predicted octanol–water partition coefficient (Wildman–Crippen LogP) is 1.42. The topological polar surface area (TPSA) is 66.8 Å². The SMILES string of the molecule is O=C(O)[C@@H]1CC[C@H](C2CCN(C(=O)C(F)(F)F)CC2)O1. The first-order valence-corrected chi connectivity index (χ1v) is 6.53. The summed E-state index contributed by atoms with van der Waals surface area (Å²) in [7, 11) is 0. The molecule has 20 heavy (non-hydrogen) atoms. The third-order valence-corrected chi connectivity index (χ3v) is 3.92. The number of carboxylic acids is 1. The van der Waals surface area contributed by atoms with Gasteiger partial charge < -0.3 is 14.7 Å². The van der Waals surface area contributed by atoms with Crippen molar-refractivity contribution < 1.29 is 32.6 Å². The number of halogens is 3. The fourth-order valence-electron chi connectivity index (χ4n) is 2.84. The number of carboxylic acid groups (broad SMARTS) is 1. The zero-order chi connectivity index (χ0) is 14.9. The lowest BCUT2D eigenvalue weighted by molar-refractivity contribution is -0.187. The van der Waals surface area contributed by atoms with Crippen LogP contribution in [0.3, 0.4) is 0 Å². The summed E-state index contributed by atoms with van der Waals surface area (Å²) in [5, 5.41) is 8.83. The normalized spacial score (nSPS) is 28.6. The van der Waals surface area contributed by atoms with Crippen LogP contribution in [-0.4, -0.2) is 53.4 Å². The molecule has 0 bridgehead atoms. The summed E-state index contributed by atoms with van der Waals surface area (Å²) < 4.78 is 42.3. The minimum Gasteiger partial charge on any atom is -0.479 e. The zero-order valence-electron chi connectivity index (χ0n) is 10.7. The highest BCUT2D eigenvalue weighted by molar-refractivity contribution is 5.81. The van der Waals surface area contributed by atoms with Crippen LogP contribution in [0.5, 0.6) is 0 Å². The summed E-state index contributed by atoms with van der Waals surface area (Å²) in [6, 6.07) is 0. The molecule has 1 N–H and O–H groups in total. The van der Waals surface area contributed by atoms with E-state index in [9.17, 15) is 22.8 Å². The molecule has 2 saturated heterocycles. The summed E-state index contributed by atoms with van der Waals surface area (Å²) in [5.41, 5.74) is 0. The van der Waals surface area contributed by atoms with Crippen LogP contribution in [0.4, 0.5) is 13.2 Å². The van der Waals surface area contributed by atoms with E-state index in [-0.39, 0.29) is 25.1 Å². The van der Waals surface area contributed by atoms with E-state index in [1.165, 1.54) is 0 Å². The molecule has 0 radical (unpaired) electrons. The fraction of sp³-hybridized carbons (Fsp3) is 0.833. The molecule has 0 aromatic carbocycles. The average Bonchev–Trinajstić information content (AvgIpc) is 2.86. The van der Waals surface area contributed by atoms with E-state index < -0.39 is 24.2 Å². The lowest BCUT2D eigenvalue weighted by Gasteiger charge is -2.34. The number of likely N-dealkylation sites (tertiary alicyclic amines) is 1. The number of hydrogen-bond acceptors (Lipinski definition) is 3. The van der Waals surface area contributed by atoms with Crippen molar-refractivity contribution in [2.45, 2.75) is 44.1 Å². The van der Waals surface area contributed by atoms with Crippen LogP contribution in [-0.2, 0) is 14.3 Å². The van der Waals surface area contributed by atoms with Crippen LogP contribution >= 0.6 is 0 Å². The summed E-state index contributed by atoms with van der Waals surface area (Å²) in [5.74, 6) is -2.78. The van der Waals surface area contributed by atoms with Gasteiger partial charge in [-0.15, -0.1) is 0 Å². The Morgan fingerprint density at radius 2 is 1.70 bits per heavy atom. The number of rotatable bonds is 2. The minimum absolute atomic E-state index is 0.0247. The molecule has 2 aliphatic rings. The van der Waals surface area contributed by atoms with Crippen molar-refractivity contribution in [1.82, 2.24) is 4.90 Å². The molecule has 1 amide bonds. The van der Waals surface area contributed by atoms with E-state index in [1.54, 1.807) is 0 Å². The molecular weight excluding hydrogens is 279 g/mol. The van der Waals surface area contributed by atoms with E-state index in [0.29, 0.717) is 25.7 Å². The van der Waals surface area contributed by atoms with Gasteiger partial charge in [0.2, 0.25) is 0 Å². The summed E-state index contributed by atoms with van der Waals surface area (Å²) >= 11 is 0. The van der Waals surface area contributed by atoms with Crippen LogP contribution in [0, 0.1) is 5.92 Å². The van der Waals surface area contributed by atoms with Gasteiger partial charge in [-0.1, -0.05) is 0 Å². The van der Waals surface area contributed by atoms with Gasteiger partial charge in [0.1, 0.15) is 0 Å². The molecule has 2 heterocycles. The number of aliphatic carboxylic acids is 1. The Hall–Kier alpha value is -1.31. The maximum absolute atomic E-state index is 12.3. The molecule has 0 aromatic rings. The summed E-state index contributed by atoms with van der Waals surface area (Å²) in [6.07, 6.45) is -3.99. The van der Waals surface area contributed by atoms with Crippen LogP contribution in [0.2, 0.25) is 0 Å². The van der Waals surface area contributed by atoms with Crippen molar-refractivity contribution in [1.29, 1.82) is 0 Å². The molecule has 0 unspecified atom stereocenters. The van der Waals surface area contributed by atoms with Gasteiger partial charge in [0.05, 0.1) is 6.10 Å². The second-order valence-electron chi connectivity index (χ2n) is 5.21. The van der Waals surface area contributed by atoms with Crippen LogP contribution in [0.15, 0.2) is 0 Å². The largest absolute Gasteiger partial charge is 0.479 e. The van der Waals surface area contributed by atoms with E-state index in [0.717, 1.165) is 4.90 Å². The molecule has 8 heteroatoms. The first kappa shape index (κ1) is 15.1. The Morgan fingerprint density at radius 3 is 2.15 bits per heavy atom. The van der Waals surface area contributed by atoms with Gasteiger partial charge in [0, 0.05) is 13.1 Å². The third-order valence-electron chi connectivity index (χ3n) is 3.92. The molecule has 2 fully saturated rings. The highest BCUT2D eigenvalue weighted by Gasteiger charge is 2.44. The number of hydrogen-bond donors (Lipinski definition) is 1. The molecule has 0 spiro atoms. The van der Waals surface area contributed by atoms with E-state index in [1.807, 2.05) is 0 Å². The Kier molecular flexibility index (Phi) is 4.22. The fourth-order valence-corrected chi connectivity index (χ4v) is 2.84. The quantitative estimate of drug-likeness (QED) is 0.836. The number of amides is 1. The number of ether oxygens (including phenoxy) is 1. The van der Waals surface area contributed by atoms with Crippen molar-refractivity contribution in [3.8, 4) is 0 Å². The highest BCUT2D eigenvalue weighted by Crippen LogP contribution is 2.32. The average molecular weight is 295 g/mol. The van der Waals surface area contributed by atoms with E-state index >= 15 is 0 Å². The van der Waals surface area contributed by atoms with E-state index in [4.69, 9.17) is 9.84 Å². The zero-order valence-corrected chi connectivity index (χ0v) is 10.7. The van der Waals surface area contributed by atoms with Crippen molar-refractivity contribution in [2.24, 2.45) is 5.92 Å². The molecular formula is C12H16F3NO4. The van der Waals surface area contributed by atoms with Gasteiger partial charge in [-0.3, -0.25) is 4.79 Å². The summed E-state index contributed by atoms with van der Waals surface area (Å²) in [6.45, 7) is 0.0845. The smallest absolute Gasteiger partial charge is 0.471 e. The Morgan fingerprint density at radius 1 is 1.10 bits per heavy atom. The number of nitrogens with zero attached hydrogens (tertiary/aromatic N) is 1.